The number of imidazole rings is 1. The number of hydrogen-bond acceptors (Lipinski definition) is 4. The zero-order valence-corrected chi connectivity index (χ0v) is 14.5. The van der Waals surface area contributed by atoms with Gasteiger partial charge in [-0.05, 0) is 25.0 Å². The molecule has 0 saturated heterocycles. The lowest BCUT2D eigenvalue weighted by molar-refractivity contribution is -0.140. The molecule has 0 radical (unpaired) electrons. The number of aliphatic imine (C=N–C) groups is 1. The Morgan fingerprint density at radius 1 is 1.23 bits per heavy atom. The van der Waals surface area contributed by atoms with Crippen molar-refractivity contribution in [3.05, 3.63) is 65.4 Å². The highest BCUT2D eigenvalue weighted by atomic mass is 16.4. The summed E-state index contributed by atoms with van der Waals surface area (Å²) >= 11 is 0. The van der Waals surface area contributed by atoms with E-state index in [1.807, 2.05) is 29.0 Å². The van der Waals surface area contributed by atoms with E-state index in [0.29, 0.717) is 23.5 Å². The highest BCUT2D eigenvalue weighted by Crippen LogP contribution is 2.39. The standard InChI is InChI=1S/C19H19N3O4/c1-11-15(18(23)24)17(16(19(25)26)12(2)21-11)14-5-3-4-13(8-14)9-22-7-6-20-10-22/h3-8,10,15,17H,9H2,1-2H3,(H,23,24)(H,25,26). The van der Waals surface area contributed by atoms with Crippen LogP contribution in [0.2, 0.25) is 0 Å². The van der Waals surface area contributed by atoms with Crippen molar-refractivity contribution in [2.24, 2.45) is 10.9 Å². The average Bonchev–Trinajstić information content (AvgIpc) is 3.06. The number of aliphatic carboxylic acids is 2. The molecule has 1 aromatic carbocycles. The molecule has 2 N–H and O–H groups in total. The summed E-state index contributed by atoms with van der Waals surface area (Å²) in [5, 5.41) is 19.4. The molecule has 7 nitrogen and oxygen atoms in total. The minimum absolute atomic E-state index is 0.0304. The molecule has 0 saturated carbocycles. The minimum Gasteiger partial charge on any atom is -0.481 e. The quantitative estimate of drug-likeness (QED) is 0.859. The lowest BCUT2D eigenvalue weighted by Crippen LogP contribution is -2.34. The van der Waals surface area contributed by atoms with Gasteiger partial charge in [0.2, 0.25) is 0 Å². The highest BCUT2D eigenvalue weighted by Gasteiger charge is 2.41. The number of rotatable bonds is 5. The van der Waals surface area contributed by atoms with Crippen LogP contribution in [-0.4, -0.2) is 37.4 Å². The van der Waals surface area contributed by atoms with E-state index < -0.39 is 23.8 Å². The number of aromatic nitrogens is 2. The topological polar surface area (TPSA) is 105 Å². The van der Waals surface area contributed by atoms with Gasteiger partial charge >= 0.3 is 11.9 Å². The molecule has 0 spiro atoms. The first-order chi connectivity index (χ1) is 12.4. The zero-order valence-electron chi connectivity index (χ0n) is 14.5. The minimum atomic E-state index is -1.14. The highest BCUT2D eigenvalue weighted by molar-refractivity contribution is 6.06. The van der Waals surface area contributed by atoms with Crippen LogP contribution >= 0.6 is 0 Å². The Bertz CT molecular complexity index is 913. The molecule has 2 atom stereocenters. The van der Waals surface area contributed by atoms with Crippen LogP contribution in [-0.2, 0) is 16.1 Å². The number of allylic oxidation sites excluding steroid dienone is 1. The normalized spacial score (nSPS) is 20.0. The molecule has 0 bridgehead atoms. The van der Waals surface area contributed by atoms with Gasteiger partial charge < -0.3 is 14.8 Å². The number of carboxylic acid groups (broad SMARTS) is 2. The number of benzene rings is 1. The molecule has 26 heavy (non-hydrogen) atoms. The summed E-state index contributed by atoms with van der Waals surface area (Å²) in [5.74, 6) is -4.02. The molecule has 1 aliphatic rings. The van der Waals surface area contributed by atoms with E-state index in [2.05, 4.69) is 9.98 Å². The molecule has 7 heteroatoms. The molecule has 3 rings (SSSR count). The molecule has 1 aromatic heterocycles. The smallest absolute Gasteiger partial charge is 0.334 e. The van der Waals surface area contributed by atoms with Crippen molar-refractivity contribution in [3.63, 3.8) is 0 Å². The second kappa shape index (κ2) is 6.95. The van der Waals surface area contributed by atoms with Crippen LogP contribution in [0.25, 0.3) is 0 Å². The second-order valence-corrected chi connectivity index (χ2v) is 6.33. The molecule has 0 aliphatic carbocycles. The molecule has 2 aromatic rings. The van der Waals surface area contributed by atoms with Gasteiger partial charge in [0.05, 0.1) is 11.9 Å². The predicted molar refractivity (Wildman–Crippen MR) is 95.1 cm³/mol. The summed E-state index contributed by atoms with van der Waals surface area (Å²) < 4.78 is 1.89. The van der Waals surface area contributed by atoms with Crippen LogP contribution in [0.5, 0.6) is 0 Å². The maximum absolute atomic E-state index is 11.9. The third-order valence-electron chi connectivity index (χ3n) is 4.56. The fourth-order valence-electron chi connectivity index (χ4n) is 3.47. The lowest BCUT2D eigenvalue weighted by atomic mass is 9.75. The first kappa shape index (κ1) is 17.6. The fraction of sp³-hybridized carbons (Fsp3) is 0.263. The van der Waals surface area contributed by atoms with Crippen molar-refractivity contribution >= 4 is 17.7 Å². The summed E-state index contributed by atoms with van der Waals surface area (Å²) in [6, 6.07) is 7.36. The number of carbonyl (C=O) groups is 2. The molecule has 0 amide bonds. The maximum atomic E-state index is 11.9. The van der Waals surface area contributed by atoms with E-state index >= 15 is 0 Å². The van der Waals surface area contributed by atoms with Crippen molar-refractivity contribution in [2.45, 2.75) is 26.3 Å². The van der Waals surface area contributed by atoms with Gasteiger partial charge in [0, 0.05) is 36.3 Å². The van der Waals surface area contributed by atoms with E-state index in [-0.39, 0.29) is 5.57 Å². The van der Waals surface area contributed by atoms with Crippen LogP contribution in [0.15, 0.2) is 59.2 Å². The third kappa shape index (κ3) is 3.28. The fourth-order valence-corrected chi connectivity index (χ4v) is 3.47. The Balaban J connectivity index is 2.07. The third-order valence-corrected chi connectivity index (χ3v) is 4.56. The van der Waals surface area contributed by atoms with E-state index in [1.54, 1.807) is 32.4 Å². The van der Waals surface area contributed by atoms with Gasteiger partial charge in [-0.15, -0.1) is 0 Å². The second-order valence-electron chi connectivity index (χ2n) is 6.33. The number of hydrogen-bond donors (Lipinski definition) is 2. The molecule has 134 valence electrons. The zero-order chi connectivity index (χ0) is 18.8. The van der Waals surface area contributed by atoms with Crippen LogP contribution < -0.4 is 0 Å². The summed E-state index contributed by atoms with van der Waals surface area (Å²) in [6.07, 6.45) is 5.20. The van der Waals surface area contributed by atoms with Crippen molar-refractivity contribution < 1.29 is 19.8 Å². The van der Waals surface area contributed by atoms with Crippen molar-refractivity contribution in [3.8, 4) is 0 Å². The van der Waals surface area contributed by atoms with Gasteiger partial charge in [-0.1, -0.05) is 24.3 Å². The predicted octanol–water partition coefficient (Wildman–Crippen LogP) is 2.55. The first-order valence-electron chi connectivity index (χ1n) is 8.15. The SMILES string of the molecule is CC1=NC(C)=C(C(=O)O)C(c2cccc(Cn3ccnc3)c2)C1C(=O)O. The molecule has 2 unspecified atom stereocenters. The lowest BCUT2D eigenvalue weighted by Gasteiger charge is -2.29. The van der Waals surface area contributed by atoms with Gasteiger partial charge in [0.25, 0.3) is 0 Å². The first-order valence-corrected chi connectivity index (χ1v) is 8.15. The van der Waals surface area contributed by atoms with Gasteiger partial charge in [-0.3, -0.25) is 9.79 Å². The average molecular weight is 353 g/mol. The Morgan fingerprint density at radius 3 is 2.62 bits per heavy atom. The van der Waals surface area contributed by atoms with Crippen LogP contribution in [0.1, 0.15) is 30.9 Å². The van der Waals surface area contributed by atoms with E-state index in [1.165, 1.54) is 0 Å². The maximum Gasteiger partial charge on any atom is 0.334 e. The van der Waals surface area contributed by atoms with Crippen LogP contribution in [0, 0.1) is 5.92 Å². The van der Waals surface area contributed by atoms with Crippen LogP contribution in [0.4, 0.5) is 0 Å². The van der Waals surface area contributed by atoms with Gasteiger partial charge in [-0.2, -0.15) is 0 Å². The van der Waals surface area contributed by atoms with Crippen molar-refractivity contribution in [2.75, 3.05) is 0 Å². The molecular formula is C19H19N3O4. The Labute approximate surface area is 150 Å². The van der Waals surface area contributed by atoms with Gasteiger partial charge in [0.15, 0.2) is 0 Å². The van der Waals surface area contributed by atoms with Crippen molar-refractivity contribution in [1.82, 2.24) is 9.55 Å². The molecule has 1 aliphatic heterocycles. The van der Waals surface area contributed by atoms with E-state index in [0.717, 1.165) is 5.56 Å². The molecular weight excluding hydrogens is 334 g/mol. The Kier molecular flexibility index (Phi) is 4.71. The van der Waals surface area contributed by atoms with Gasteiger partial charge in [-0.25, -0.2) is 9.78 Å². The van der Waals surface area contributed by atoms with Gasteiger partial charge in [0.1, 0.15) is 5.92 Å². The monoisotopic (exact) mass is 353 g/mol. The summed E-state index contributed by atoms with van der Waals surface area (Å²) in [4.78, 5) is 31.9. The Hall–Kier alpha value is -3.22. The van der Waals surface area contributed by atoms with E-state index in [4.69, 9.17) is 0 Å². The number of nitrogens with zero attached hydrogens (tertiary/aromatic N) is 3. The number of carboxylic acids is 2. The Morgan fingerprint density at radius 2 is 2.00 bits per heavy atom. The largest absolute Gasteiger partial charge is 0.481 e. The summed E-state index contributed by atoms with van der Waals surface area (Å²) in [6.45, 7) is 3.80. The van der Waals surface area contributed by atoms with Crippen LogP contribution in [0.3, 0.4) is 0 Å². The summed E-state index contributed by atoms with van der Waals surface area (Å²) in [5.41, 5.74) is 2.37. The molecule has 2 heterocycles. The van der Waals surface area contributed by atoms with E-state index in [9.17, 15) is 19.8 Å². The molecule has 0 fully saturated rings. The summed E-state index contributed by atoms with van der Waals surface area (Å²) in [7, 11) is 0. The van der Waals surface area contributed by atoms with Crippen molar-refractivity contribution in [1.29, 1.82) is 0 Å².